The Morgan fingerprint density at radius 3 is 2.57 bits per heavy atom. The fourth-order valence-electron chi connectivity index (χ4n) is 1.89. The SMILES string of the molecule is O=C(CN(CCCO)CC(F)(F)F)Nc1ccccc1[N+](=O)[O-]. The van der Waals surface area contributed by atoms with Gasteiger partial charge in [-0.2, -0.15) is 13.2 Å². The minimum atomic E-state index is -4.49. The summed E-state index contributed by atoms with van der Waals surface area (Å²) in [5.41, 5.74) is -0.435. The second-order valence-corrected chi connectivity index (χ2v) is 4.73. The Bertz CT molecular complexity index is 552. The van der Waals surface area contributed by atoms with Gasteiger partial charge in [0.2, 0.25) is 5.91 Å². The number of carbonyl (C=O) groups is 1. The zero-order valence-electron chi connectivity index (χ0n) is 12.0. The van der Waals surface area contributed by atoms with Gasteiger partial charge in [0.05, 0.1) is 18.0 Å². The minimum absolute atomic E-state index is 0.0782. The highest BCUT2D eigenvalue weighted by Gasteiger charge is 2.31. The van der Waals surface area contributed by atoms with E-state index in [2.05, 4.69) is 5.32 Å². The number of hydrogen-bond donors (Lipinski definition) is 2. The van der Waals surface area contributed by atoms with E-state index in [0.717, 1.165) is 4.90 Å². The Hall–Kier alpha value is -2.20. The number of para-hydroxylation sites is 2. The summed E-state index contributed by atoms with van der Waals surface area (Å²) in [6, 6.07) is 5.33. The van der Waals surface area contributed by atoms with E-state index < -0.39 is 30.1 Å². The van der Waals surface area contributed by atoms with Gasteiger partial charge >= 0.3 is 6.18 Å². The molecule has 0 saturated heterocycles. The van der Waals surface area contributed by atoms with Gasteiger partial charge in [0, 0.05) is 19.2 Å². The summed E-state index contributed by atoms with van der Waals surface area (Å²) in [6.07, 6.45) is -4.41. The van der Waals surface area contributed by atoms with Crippen LogP contribution in [0.3, 0.4) is 0 Å². The van der Waals surface area contributed by atoms with E-state index in [1.54, 1.807) is 0 Å². The first-order valence-electron chi connectivity index (χ1n) is 6.66. The number of halogens is 3. The lowest BCUT2D eigenvalue weighted by Crippen LogP contribution is -2.40. The van der Waals surface area contributed by atoms with Crippen LogP contribution >= 0.6 is 0 Å². The summed E-state index contributed by atoms with van der Waals surface area (Å²) >= 11 is 0. The number of carbonyl (C=O) groups excluding carboxylic acids is 1. The molecule has 2 N–H and O–H groups in total. The van der Waals surface area contributed by atoms with Crippen molar-refractivity contribution in [2.75, 3.05) is 31.6 Å². The standard InChI is InChI=1S/C13H16F3N3O4/c14-13(15,16)9-18(6-3-7-20)8-12(21)17-10-4-1-2-5-11(10)19(22)23/h1-2,4-5,20H,3,6-9H2,(H,17,21). The number of aliphatic hydroxyl groups is 1. The predicted molar refractivity (Wildman–Crippen MR) is 75.9 cm³/mol. The van der Waals surface area contributed by atoms with Crippen LogP contribution in [0.4, 0.5) is 24.5 Å². The molecule has 10 heteroatoms. The molecule has 0 aliphatic heterocycles. The third-order valence-electron chi connectivity index (χ3n) is 2.78. The van der Waals surface area contributed by atoms with Crippen LogP contribution in [-0.4, -0.2) is 53.3 Å². The van der Waals surface area contributed by atoms with E-state index in [0.29, 0.717) is 0 Å². The molecule has 0 heterocycles. The third kappa shape index (κ3) is 7.06. The Morgan fingerprint density at radius 1 is 1.35 bits per heavy atom. The highest BCUT2D eigenvalue weighted by molar-refractivity contribution is 5.94. The van der Waals surface area contributed by atoms with Crippen molar-refractivity contribution in [2.45, 2.75) is 12.6 Å². The van der Waals surface area contributed by atoms with E-state index in [4.69, 9.17) is 5.11 Å². The number of hydrogen-bond acceptors (Lipinski definition) is 5. The second kappa shape index (κ2) is 8.44. The molecule has 0 aliphatic carbocycles. The predicted octanol–water partition coefficient (Wildman–Crippen LogP) is 1.78. The molecule has 0 unspecified atom stereocenters. The average Bonchev–Trinajstić information content (AvgIpc) is 2.43. The molecule has 0 bridgehead atoms. The monoisotopic (exact) mass is 335 g/mol. The van der Waals surface area contributed by atoms with Crippen LogP contribution in [0.2, 0.25) is 0 Å². The fourth-order valence-corrected chi connectivity index (χ4v) is 1.89. The first-order valence-corrected chi connectivity index (χ1v) is 6.66. The van der Waals surface area contributed by atoms with E-state index in [1.165, 1.54) is 24.3 Å². The number of alkyl halides is 3. The van der Waals surface area contributed by atoms with Gasteiger partial charge in [-0.05, 0) is 12.5 Å². The molecule has 0 fully saturated rings. The maximum atomic E-state index is 12.5. The van der Waals surface area contributed by atoms with Gasteiger partial charge < -0.3 is 10.4 Å². The zero-order chi connectivity index (χ0) is 17.5. The van der Waals surface area contributed by atoms with Crippen LogP contribution in [-0.2, 0) is 4.79 Å². The number of benzene rings is 1. The number of amides is 1. The van der Waals surface area contributed by atoms with Gasteiger partial charge in [-0.1, -0.05) is 12.1 Å². The van der Waals surface area contributed by atoms with Crippen LogP contribution in [0, 0.1) is 10.1 Å². The Kier molecular flexibility index (Phi) is 6.91. The average molecular weight is 335 g/mol. The van der Waals surface area contributed by atoms with Gasteiger partial charge in [-0.3, -0.25) is 19.8 Å². The lowest BCUT2D eigenvalue weighted by atomic mass is 10.2. The molecule has 0 spiro atoms. The third-order valence-corrected chi connectivity index (χ3v) is 2.78. The smallest absolute Gasteiger partial charge is 0.396 e. The molecule has 1 aromatic carbocycles. The molecular weight excluding hydrogens is 319 g/mol. The molecule has 1 rings (SSSR count). The van der Waals surface area contributed by atoms with Crippen molar-refractivity contribution >= 4 is 17.3 Å². The zero-order valence-corrected chi connectivity index (χ0v) is 12.0. The molecule has 128 valence electrons. The van der Waals surface area contributed by atoms with Crippen molar-refractivity contribution in [3.63, 3.8) is 0 Å². The Labute approximate surface area is 129 Å². The number of nitro groups is 1. The van der Waals surface area contributed by atoms with Gasteiger partial charge in [-0.15, -0.1) is 0 Å². The molecule has 23 heavy (non-hydrogen) atoms. The number of aliphatic hydroxyl groups excluding tert-OH is 1. The minimum Gasteiger partial charge on any atom is -0.396 e. The number of rotatable bonds is 8. The van der Waals surface area contributed by atoms with Gasteiger partial charge in [-0.25, -0.2) is 0 Å². The van der Waals surface area contributed by atoms with E-state index in [9.17, 15) is 28.1 Å². The number of nitrogens with one attached hydrogen (secondary N) is 1. The van der Waals surface area contributed by atoms with Crippen LogP contribution in [0.25, 0.3) is 0 Å². The normalized spacial score (nSPS) is 11.5. The van der Waals surface area contributed by atoms with Crippen molar-refractivity contribution in [2.24, 2.45) is 0 Å². The van der Waals surface area contributed by atoms with Crippen molar-refractivity contribution in [3.05, 3.63) is 34.4 Å². The lowest BCUT2D eigenvalue weighted by molar-refractivity contribution is -0.383. The van der Waals surface area contributed by atoms with Crippen LogP contribution < -0.4 is 5.32 Å². The molecule has 1 amide bonds. The maximum Gasteiger partial charge on any atom is 0.401 e. The summed E-state index contributed by atoms with van der Waals surface area (Å²) in [6.45, 7) is -2.33. The molecule has 0 radical (unpaired) electrons. The highest BCUT2D eigenvalue weighted by Crippen LogP contribution is 2.23. The van der Waals surface area contributed by atoms with Crippen molar-refractivity contribution in [3.8, 4) is 0 Å². The molecule has 1 aromatic rings. The molecular formula is C13H16F3N3O4. The quantitative estimate of drug-likeness (QED) is 0.558. The maximum absolute atomic E-state index is 12.5. The summed E-state index contributed by atoms with van der Waals surface area (Å²) in [4.78, 5) is 22.8. The molecule has 0 aliphatic rings. The summed E-state index contributed by atoms with van der Waals surface area (Å²) in [5.74, 6) is -0.804. The number of nitro benzene ring substituents is 1. The first kappa shape index (κ1) is 18.8. The first-order chi connectivity index (χ1) is 10.7. The summed E-state index contributed by atoms with van der Waals surface area (Å²) in [5, 5.41) is 21.8. The van der Waals surface area contributed by atoms with Crippen molar-refractivity contribution in [1.82, 2.24) is 4.90 Å². The van der Waals surface area contributed by atoms with Crippen LogP contribution in [0.15, 0.2) is 24.3 Å². The van der Waals surface area contributed by atoms with Gasteiger partial charge in [0.25, 0.3) is 5.69 Å². The Balaban J connectivity index is 2.73. The van der Waals surface area contributed by atoms with E-state index in [-0.39, 0.29) is 30.9 Å². The molecule has 7 nitrogen and oxygen atoms in total. The lowest BCUT2D eigenvalue weighted by Gasteiger charge is -2.22. The molecule has 0 atom stereocenters. The number of nitrogens with zero attached hydrogens (tertiary/aromatic N) is 2. The van der Waals surface area contributed by atoms with Crippen molar-refractivity contribution in [1.29, 1.82) is 0 Å². The van der Waals surface area contributed by atoms with Gasteiger partial charge in [0.1, 0.15) is 5.69 Å². The Morgan fingerprint density at radius 2 is 2.00 bits per heavy atom. The summed E-state index contributed by atoms with van der Waals surface area (Å²) < 4.78 is 37.4. The van der Waals surface area contributed by atoms with Gasteiger partial charge in [0.15, 0.2) is 0 Å². The topological polar surface area (TPSA) is 95.7 Å². The second-order valence-electron chi connectivity index (χ2n) is 4.73. The largest absolute Gasteiger partial charge is 0.401 e. The number of anilines is 1. The highest BCUT2D eigenvalue weighted by atomic mass is 19.4. The summed E-state index contributed by atoms with van der Waals surface area (Å²) in [7, 11) is 0. The van der Waals surface area contributed by atoms with Crippen LogP contribution in [0.5, 0.6) is 0 Å². The van der Waals surface area contributed by atoms with E-state index in [1.807, 2.05) is 0 Å². The molecule has 0 aromatic heterocycles. The fraction of sp³-hybridized carbons (Fsp3) is 0.462. The van der Waals surface area contributed by atoms with Crippen molar-refractivity contribution < 1.29 is 28.0 Å². The van der Waals surface area contributed by atoms with Crippen LogP contribution in [0.1, 0.15) is 6.42 Å². The van der Waals surface area contributed by atoms with E-state index >= 15 is 0 Å². The molecule has 0 saturated carbocycles.